The molecule has 0 aliphatic rings. The van der Waals surface area contributed by atoms with Gasteiger partial charge in [-0.25, -0.2) is 5.43 Å². The Kier molecular flexibility index (Phi) is 5.33. The molecule has 0 unspecified atom stereocenters. The number of carbonyl (C=O) groups is 1. The van der Waals surface area contributed by atoms with Crippen molar-refractivity contribution in [3.05, 3.63) is 58.7 Å². The number of phenols is 2. The summed E-state index contributed by atoms with van der Waals surface area (Å²) >= 11 is 0. The maximum absolute atomic E-state index is 12.8. The van der Waals surface area contributed by atoms with Crippen molar-refractivity contribution in [3.8, 4) is 11.5 Å². The molecule has 0 atom stereocenters. The van der Waals surface area contributed by atoms with Crippen molar-refractivity contribution in [3.63, 3.8) is 0 Å². The first-order chi connectivity index (χ1) is 12.4. The van der Waals surface area contributed by atoms with Gasteiger partial charge in [0.25, 0.3) is 5.91 Å². The molecule has 0 bridgehead atoms. The predicted molar refractivity (Wildman–Crippen MR) is 81.3 cm³/mol. The Morgan fingerprint density at radius 3 is 2.19 bits per heavy atom. The molecule has 144 valence electrons. The number of benzene rings is 2. The van der Waals surface area contributed by atoms with Crippen molar-refractivity contribution >= 4 is 12.1 Å². The first-order valence-electron chi connectivity index (χ1n) is 7.04. The van der Waals surface area contributed by atoms with Crippen LogP contribution in [0.5, 0.6) is 11.5 Å². The third-order valence-corrected chi connectivity index (χ3v) is 3.29. The normalized spacial score (nSPS) is 12.4. The highest BCUT2D eigenvalue weighted by molar-refractivity contribution is 5.97. The molecule has 2 aromatic rings. The van der Waals surface area contributed by atoms with E-state index in [4.69, 9.17) is 0 Å². The number of para-hydroxylation sites is 1. The van der Waals surface area contributed by atoms with Gasteiger partial charge < -0.3 is 10.2 Å². The number of hydrogen-bond acceptors (Lipinski definition) is 4. The minimum Gasteiger partial charge on any atom is -0.507 e. The fourth-order valence-electron chi connectivity index (χ4n) is 2.02. The van der Waals surface area contributed by atoms with E-state index in [9.17, 15) is 41.4 Å². The van der Waals surface area contributed by atoms with Crippen molar-refractivity contribution in [1.82, 2.24) is 5.43 Å². The molecule has 0 fully saturated rings. The van der Waals surface area contributed by atoms with Crippen LogP contribution in [-0.4, -0.2) is 22.3 Å². The Labute approximate surface area is 147 Å². The first kappa shape index (κ1) is 20.1. The lowest BCUT2D eigenvalue weighted by atomic mass is 10.0. The molecule has 2 rings (SSSR count). The summed E-state index contributed by atoms with van der Waals surface area (Å²) in [5.74, 6) is -2.85. The Morgan fingerprint density at radius 2 is 1.63 bits per heavy atom. The second-order valence-electron chi connectivity index (χ2n) is 5.17. The van der Waals surface area contributed by atoms with Crippen LogP contribution in [0.15, 0.2) is 41.5 Å². The number of hydrazone groups is 1. The minimum atomic E-state index is -5.24. The van der Waals surface area contributed by atoms with Crippen molar-refractivity contribution in [2.75, 3.05) is 0 Å². The van der Waals surface area contributed by atoms with E-state index in [2.05, 4.69) is 5.10 Å². The maximum atomic E-state index is 12.8. The molecule has 0 spiro atoms. The number of rotatable bonds is 3. The van der Waals surface area contributed by atoms with E-state index in [1.165, 1.54) is 24.3 Å². The fourth-order valence-corrected chi connectivity index (χ4v) is 2.02. The third kappa shape index (κ3) is 4.68. The predicted octanol–water partition coefficient (Wildman–Crippen LogP) is 3.90. The highest BCUT2D eigenvalue weighted by Crippen LogP contribution is 2.41. The summed E-state index contributed by atoms with van der Waals surface area (Å²) in [6.07, 6.45) is -9.92. The van der Waals surface area contributed by atoms with Gasteiger partial charge in [-0.1, -0.05) is 12.1 Å². The minimum absolute atomic E-state index is 0.223. The van der Waals surface area contributed by atoms with Crippen LogP contribution in [0, 0.1) is 0 Å². The third-order valence-electron chi connectivity index (χ3n) is 3.29. The number of aromatic hydroxyl groups is 2. The van der Waals surface area contributed by atoms with E-state index in [1.807, 2.05) is 5.43 Å². The molecular weight excluding hydrogens is 382 g/mol. The molecule has 5 nitrogen and oxygen atoms in total. The second kappa shape index (κ2) is 7.17. The summed E-state index contributed by atoms with van der Waals surface area (Å²) in [6.45, 7) is 0. The van der Waals surface area contributed by atoms with Gasteiger partial charge in [-0.3, -0.25) is 4.79 Å². The van der Waals surface area contributed by atoms with E-state index in [0.29, 0.717) is 6.21 Å². The van der Waals surface area contributed by atoms with Crippen LogP contribution >= 0.6 is 0 Å². The zero-order valence-electron chi connectivity index (χ0n) is 13.1. The monoisotopic (exact) mass is 392 g/mol. The van der Waals surface area contributed by atoms with Crippen molar-refractivity contribution in [2.45, 2.75) is 12.4 Å². The standard InChI is InChI=1S/C16H10F6N2O3/c17-15(18,19)9-5-8(13(26)11(6-9)16(20,21)22)7-23-24-14(27)10-3-1-2-4-12(10)25/h1-7,25-26H,(H,24,27)/b23-7+. The average molecular weight is 392 g/mol. The Morgan fingerprint density at radius 1 is 1.00 bits per heavy atom. The van der Waals surface area contributed by atoms with Crippen LogP contribution in [0.25, 0.3) is 0 Å². The van der Waals surface area contributed by atoms with Gasteiger partial charge in [0, 0.05) is 5.56 Å². The molecule has 3 N–H and O–H groups in total. The molecule has 0 aromatic heterocycles. The Hall–Kier alpha value is -3.24. The summed E-state index contributed by atoms with van der Waals surface area (Å²) in [4.78, 5) is 11.8. The first-order valence-corrected chi connectivity index (χ1v) is 7.04. The Balaban J connectivity index is 2.36. The Bertz CT molecular complexity index is 891. The fraction of sp³-hybridized carbons (Fsp3) is 0.125. The zero-order valence-corrected chi connectivity index (χ0v) is 13.1. The van der Waals surface area contributed by atoms with Gasteiger partial charge in [-0.15, -0.1) is 0 Å². The zero-order chi connectivity index (χ0) is 20.4. The van der Waals surface area contributed by atoms with Crippen LogP contribution < -0.4 is 5.43 Å². The number of nitrogens with one attached hydrogen (secondary N) is 1. The number of amides is 1. The molecule has 0 radical (unpaired) electrons. The van der Waals surface area contributed by atoms with Crippen LogP contribution in [0.1, 0.15) is 27.0 Å². The van der Waals surface area contributed by atoms with Gasteiger partial charge in [0.15, 0.2) is 0 Å². The summed E-state index contributed by atoms with van der Waals surface area (Å²) in [7, 11) is 0. The van der Waals surface area contributed by atoms with Crippen molar-refractivity contribution in [1.29, 1.82) is 0 Å². The molecule has 2 aromatic carbocycles. The quantitative estimate of drug-likeness (QED) is 0.421. The molecule has 0 aliphatic carbocycles. The van der Waals surface area contributed by atoms with Gasteiger partial charge in [-0.05, 0) is 24.3 Å². The van der Waals surface area contributed by atoms with Crippen LogP contribution in [0.4, 0.5) is 26.3 Å². The van der Waals surface area contributed by atoms with Gasteiger partial charge in [-0.2, -0.15) is 31.4 Å². The van der Waals surface area contributed by atoms with E-state index in [0.717, 1.165) is 0 Å². The molecule has 11 heteroatoms. The summed E-state index contributed by atoms with van der Waals surface area (Å²) in [6, 6.07) is 5.26. The van der Waals surface area contributed by atoms with E-state index >= 15 is 0 Å². The van der Waals surface area contributed by atoms with Crippen molar-refractivity contribution in [2.24, 2.45) is 5.10 Å². The molecule has 1 amide bonds. The summed E-state index contributed by atoms with van der Waals surface area (Å²) < 4.78 is 76.9. The lowest BCUT2D eigenvalue weighted by Gasteiger charge is -2.15. The van der Waals surface area contributed by atoms with E-state index < -0.39 is 46.4 Å². The van der Waals surface area contributed by atoms with Crippen molar-refractivity contribution < 1.29 is 41.4 Å². The number of nitrogens with zero attached hydrogens (tertiary/aromatic N) is 1. The molecule has 0 heterocycles. The van der Waals surface area contributed by atoms with Gasteiger partial charge in [0.2, 0.25) is 0 Å². The molecule has 27 heavy (non-hydrogen) atoms. The SMILES string of the molecule is O=C(N/N=C/c1cc(C(F)(F)F)cc(C(F)(F)F)c1O)c1ccccc1O. The highest BCUT2D eigenvalue weighted by atomic mass is 19.4. The summed E-state index contributed by atoms with van der Waals surface area (Å²) in [5, 5.41) is 22.3. The van der Waals surface area contributed by atoms with E-state index in [1.54, 1.807) is 0 Å². The largest absolute Gasteiger partial charge is 0.507 e. The number of carbonyl (C=O) groups excluding carboxylic acids is 1. The lowest BCUT2D eigenvalue weighted by molar-refractivity contribution is -0.143. The molecule has 0 saturated heterocycles. The average Bonchev–Trinajstić information content (AvgIpc) is 2.54. The number of alkyl halides is 6. The highest BCUT2D eigenvalue weighted by Gasteiger charge is 2.39. The van der Waals surface area contributed by atoms with Crippen LogP contribution in [0.3, 0.4) is 0 Å². The second-order valence-corrected chi connectivity index (χ2v) is 5.17. The topological polar surface area (TPSA) is 81.9 Å². The lowest BCUT2D eigenvalue weighted by Crippen LogP contribution is -2.18. The number of halogens is 6. The number of hydrogen-bond donors (Lipinski definition) is 3. The van der Waals surface area contributed by atoms with Gasteiger partial charge >= 0.3 is 12.4 Å². The molecule has 0 saturated carbocycles. The molecular formula is C16H10F6N2O3. The van der Waals surface area contributed by atoms with Crippen LogP contribution in [-0.2, 0) is 12.4 Å². The van der Waals surface area contributed by atoms with E-state index in [-0.39, 0.29) is 17.7 Å². The van der Waals surface area contributed by atoms with Crippen LogP contribution in [0.2, 0.25) is 0 Å². The smallest absolute Gasteiger partial charge is 0.419 e. The molecule has 0 aliphatic heterocycles. The number of phenolic OH excluding ortho intramolecular Hbond substituents is 2. The summed E-state index contributed by atoms with van der Waals surface area (Å²) in [5.41, 5.74) is -2.85. The maximum Gasteiger partial charge on any atom is 0.419 e. The van der Waals surface area contributed by atoms with Gasteiger partial charge in [0.05, 0.1) is 22.9 Å². The van der Waals surface area contributed by atoms with Gasteiger partial charge in [0.1, 0.15) is 11.5 Å².